The Morgan fingerprint density at radius 3 is 1.44 bits per heavy atom. The van der Waals surface area contributed by atoms with Gasteiger partial charge in [-0.15, -0.1) is 0 Å². The van der Waals surface area contributed by atoms with Crippen LogP contribution in [0.3, 0.4) is 0 Å². The molecule has 0 saturated heterocycles. The molecule has 1 spiro atoms. The third-order valence-electron chi connectivity index (χ3n) is 16.6. The quantitative estimate of drug-likeness (QED) is 0.143. The second kappa shape index (κ2) is 18.3. The van der Waals surface area contributed by atoms with Gasteiger partial charge in [0, 0.05) is 50.6 Å². The molecule has 1 aromatic heterocycles. The Bertz CT molecular complexity index is 4870. The predicted octanol–water partition coefficient (Wildman–Crippen LogP) is 20.6. The van der Waals surface area contributed by atoms with Gasteiger partial charge in [-0.05, 0) is 175 Å². The topological polar surface area (TPSA) is 11.4 Å². The molecule has 0 bridgehead atoms. The van der Waals surface area contributed by atoms with E-state index in [1.165, 1.54) is 44.2 Å². The summed E-state index contributed by atoms with van der Waals surface area (Å²) in [5.41, 5.74) is 19.9. The first-order valence-corrected chi connectivity index (χ1v) is 27.3. The van der Waals surface area contributed by atoms with E-state index < -0.39 is 5.41 Å². The van der Waals surface area contributed by atoms with Crippen molar-refractivity contribution >= 4 is 66.7 Å². The van der Waals surface area contributed by atoms with Crippen molar-refractivity contribution in [1.82, 2.24) is 4.57 Å². The van der Waals surface area contributed by atoms with Gasteiger partial charge in [-0.2, -0.15) is 0 Å². The van der Waals surface area contributed by atoms with Gasteiger partial charge in [0.25, 0.3) is 0 Å². The van der Waals surface area contributed by atoms with Crippen LogP contribution in [0.5, 0.6) is 0 Å². The summed E-state index contributed by atoms with van der Waals surface area (Å²) in [5, 5.41) is 4.23. The molecule has 1 heterocycles. The van der Waals surface area contributed by atoms with E-state index in [1.807, 2.05) is 59.5 Å². The zero-order valence-corrected chi connectivity index (χ0v) is 43.5. The van der Waals surface area contributed by atoms with Crippen LogP contribution in [0.2, 0.25) is 0 Å². The fraction of sp³-hybridized carbons (Fsp3) is 0.0130. The Kier molecular flexibility index (Phi) is 9.55. The Hall–Kier alpha value is -10.5. The van der Waals surface area contributed by atoms with E-state index >= 15 is 0 Å². The maximum absolute atomic E-state index is 9.93. The highest BCUT2D eigenvalue weighted by atomic mass is 15.1. The SMILES string of the molecule is [2H]c1c([2H])c(N(c2ccccc2)c2ccc3c(c2)C2(c4ccccc4-c4ccccc42)c2ccccc2-3)c([2H])c([2H])c1-c1ccc2cc(N(c3ccc(-c4ccccc4)cc3)c3ccc4c5ccccc5n(-c5ccccc5)c4c3)ccc2c1. The monoisotopic (exact) mass is 1020 g/mol. The van der Waals surface area contributed by atoms with Crippen LogP contribution in [0.25, 0.3) is 82.8 Å². The molecule has 2 aliphatic carbocycles. The maximum atomic E-state index is 9.93. The van der Waals surface area contributed by atoms with Crippen LogP contribution in [0.4, 0.5) is 34.1 Å². The Balaban J connectivity index is 0.812. The summed E-state index contributed by atoms with van der Waals surface area (Å²) in [5.74, 6) is 0. The van der Waals surface area contributed by atoms with Gasteiger partial charge in [0.05, 0.1) is 21.9 Å². The highest BCUT2D eigenvalue weighted by Gasteiger charge is 2.51. The van der Waals surface area contributed by atoms with Gasteiger partial charge in [-0.1, -0.05) is 212 Å². The van der Waals surface area contributed by atoms with Crippen LogP contribution in [0, 0.1) is 0 Å². The lowest BCUT2D eigenvalue weighted by molar-refractivity contribution is 0.793. The van der Waals surface area contributed by atoms with Crippen LogP contribution in [0.1, 0.15) is 27.7 Å². The number of benzene rings is 13. The summed E-state index contributed by atoms with van der Waals surface area (Å²) >= 11 is 0. The molecule has 3 heteroatoms. The molecule has 0 atom stereocenters. The lowest BCUT2D eigenvalue weighted by Crippen LogP contribution is -2.26. The van der Waals surface area contributed by atoms with Crippen molar-refractivity contribution in [1.29, 1.82) is 0 Å². The molecule has 0 radical (unpaired) electrons. The van der Waals surface area contributed by atoms with E-state index in [4.69, 9.17) is 0 Å². The predicted molar refractivity (Wildman–Crippen MR) is 335 cm³/mol. The molecule has 16 rings (SSSR count). The molecule has 0 fully saturated rings. The Morgan fingerprint density at radius 1 is 0.275 bits per heavy atom. The van der Waals surface area contributed by atoms with Gasteiger partial charge in [-0.3, -0.25) is 0 Å². The van der Waals surface area contributed by atoms with Crippen LogP contribution in [-0.4, -0.2) is 4.57 Å². The van der Waals surface area contributed by atoms with Crippen molar-refractivity contribution in [2.75, 3.05) is 9.80 Å². The molecular formula is C77H51N3. The standard InChI is InChI=1S/C77H51N3/c1-4-18-52(19-5-1)53-34-39-61(40-35-53)79(64-45-47-70-69-27-13-17-31-75(69)80(76(70)51-64)59-22-8-3-9-23-59)62-43-38-56-48-55(32-33-57(56)49-62)54-36-41-60(42-37-54)78(58-20-6-2-7-21-58)63-44-46-68-67-26-12-16-30-73(67)77(74(68)50-63)71-28-14-10-24-65(71)66-25-11-15-29-72(66)77/h1-51H/i36D,37D,41D,42D. The number of para-hydroxylation sites is 3. The van der Waals surface area contributed by atoms with E-state index in [0.29, 0.717) is 5.56 Å². The van der Waals surface area contributed by atoms with Gasteiger partial charge in [0.15, 0.2) is 0 Å². The van der Waals surface area contributed by atoms with E-state index in [-0.39, 0.29) is 35.4 Å². The number of anilines is 6. The molecule has 0 N–H and O–H groups in total. The van der Waals surface area contributed by atoms with Crippen LogP contribution in [-0.2, 0) is 5.41 Å². The number of rotatable bonds is 9. The minimum Gasteiger partial charge on any atom is -0.310 e. The van der Waals surface area contributed by atoms with Gasteiger partial charge >= 0.3 is 0 Å². The van der Waals surface area contributed by atoms with Crippen molar-refractivity contribution in [2.24, 2.45) is 0 Å². The molecule has 374 valence electrons. The number of nitrogens with zero attached hydrogens (tertiary/aromatic N) is 3. The van der Waals surface area contributed by atoms with Gasteiger partial charge < -0.3 is 14.4 Å². The minimum atomic E-state index is -0.612. The first-order valence-electron chi connectivity index (χ1n) is 29.3. The van der Waals surface area contributed by atoms with E-state index in [9.17, 15) is 5.48 Å². The van der Waals surface area contributed by atoms with Gasteiger partial charge in [0.1, 0.15) is 0 Å². The molecule has 0 aliphatic heterocycles. The highest BCUT2D eigenvalue weighted by molar-refractivity contribution is 6.10. The lowest BCUT2D eigenvalue weighted by atomic mass is 9.70. The molecular weight excluding hydrogens is 967 g/mol. The molecule has 14 aromatic rings. The zero-order valence-electron chi connectivity index (χ0n) is 47.5. The summed E-state index contributed by atoms with van der Waals surface area (Å²) in [7, 11) is 0. The number of hydrogen-bond donors (Lipinski definition) is 0. The first-order chi connectivity index (χ1) is 41.3. The minimum absolute atomic E-state index is 0.111. The first kappa shape index (κ1) is 41.7. The smallest absolute Gasteiger partial charge is 0.0726 e. The second-order valence-electron chi connectivity index (χ2n) is 20.9. The fourth-order valence-corrected chi connectivity index (χ4v) is 13.1. The molecule has 2 aliphatic rings. The van der Waals surface area contributed by atoms with Crippen molar-refractivity contribution in [3.05, 3.63) is 332 Å². The zero-order chi connectivity index (χ0) is 56.2. The molecule has 0 saturated carbocycles. The lowest BCUT2D eigenvalue weighted by Gasteiger charge is -2.32. The largest absolute Gasteiger partial charge is 0.310 e. The maximum Gasteiger partial charge on any atom is 0.0726 e. The normalized spacial score (nSPS) is 13.3. The molecule has 0 unspecified atom stereocenters. The van der Waals surface area contributed by atoms with E-state index in [2.05, 4.69) is 240 Å². The fourth-order valence-electron chi connectivity index (χ4n) is 13.1. The van der Waals surface area contributed by atoms with Crippen LogP contribution in [0.15, 0.2) is 309 Å². The Labute approximate surface area is 471 Å². The summed E-state index contributed by atoms with van der Waals surface area (Å²) in [6, 6.07) is 99.3. The molecule has 80 heavy (non-hydrogen) atoms. The van der Waals surface area contributed by atoms with Crippen molar-refractivity contribution in [2.45, 2.75) is 5.41 Å². The second-order valence-corrected chi connectivity index (χ2v) is 20.9. The highest BCUT2D eigenvalue weighted by Crippen LogP contribution is 2.63. The van der Waals surface area contributed by atoms with Crippen molar-refractivity contribution in [3.8, 4) is 50.2 Å². The summed E-state index contributed by atoms with van der Waals surface area (Å²) in [4.78, 5) is 4.22. The summed E-state index contributed by atoms with van der Waals surface area (Å²) in [6.07, 6.45) is 0. The van der Waals surface area contributed by atoms with Crippen molar-refractivity contribution < 1.29 is 5.48 Å². The average molecular weight is 1020 g/mol. The van der Waals surface area contributed by atoms with Crippen LogP contribution >= 0.6 is 0 Å². The third kappa shape index (κ3) is 7.07. The third-order valence-corrected chi connectivity index (χ3v) is 16.6. The van der Waals surface area contributed by atoms with Crippen molar-refractivity contribution in [3.63, 3.8) is 0 Å². The van der Waals surface area contributed by atoms with E-state index in [0.717, 1.165) is 78.2 Å². The number of aromatic nitrogens is 1. The Morgan fingerprint density at radius 2 is 0.738 bits per heavy atom. The number of fused-ring (bicyclic) bond motifs is 14. The summed E-state index contributed by atoms with van der Waals surface area (Å²) < 4.78 is 41.9. The molecule has 3 nitrogen and oxygen atoms in total. The van der Waals surface area contributed by atoms with Crippen LogP contribution < -0.4 is 9.80 Å². The molecule has 13 aromatic carbocycles. The van der Waals surface area contributed by atoms with E-state index in [1.54, 1.807) is 0 Å². The number of hydrogen-bond acceptors (Lipinski definition) is 2. The van der Waals surface area contributed by atoms with Gasteiger partial charge in [0.2, 0.25) is 0 Å². The summed E-state index contributed by atoms with van der Waals surface area (Å²) in [6.45, 7) is 0. The van der Waals surface area contributed by atoms with Gasteiger partial charge in [-0.25, -0.2) is 0 Å². The average Bonchev–Trinajstić information content (AvgIpc) is 3.87. The molecule has 0 amide bonds.